The van der Waals surface area contributed by atoms with Crippen LogP contribution in [0.4, 0.5) is 5.82 Å². The maximum atomic E-state index is 12.1. The van der Waals surface area contributed by atoms with Crippen molar-refractivity contribution in [2.75, 3.05) is 18.9 Å². The molecule has 1 aliphatic rings. The number of anilines is 1. The molecule has 0 saturated carbocycles. The van der Waals surface area contributed by atoms with Crippen LogP contribution in [0, 0.1) is 11.3 Å². The van der Waals surface area contributed by atoms with Gasteiger partial charge < -0.3 is 29.7 Å². The number of nitrogens with two attached hydrogens (primary N) is 1. The number of aliphatic hydroxyl groups excluding tert-OH is 1. The Morgan fingerprint density at radius 2 is 2.17 bits per heavy atom. The van der Waals surface area contributed by atoms with Gasteiger partial charge in [0.15, 0.2) is 6.23 Å². The van der Waals surface area contributed by atoms with Crippen molar-refractivity contribution < 1.29 is 28.6 Å². The molecule has 0 aromatic carbocycles. The molecular weight excluding hydrogens is 413 g/mol. The third-order valence-corrected chi connectivity index (χ3v) is 5.57. The van der Waals surface area contributed by atoms with E-state index in [1.165, 1.54) is 12.3 Å². The molecule has 1 aromatic rings. The first kappa shape index (κ1) is 24.7. The number of aromatic nitrogens is 2. The molecule has 0 spiro atoms. The molecule has 170 valence electrons. The number of hydrogen-bond donors (Lipinski definition) is 3. The fourth-order valence-electron chi connectivity index (χ4n) is 3.33. The molecule has 0 aliphatic carbocycles. The first-order valence-corrected chi connectivity index (χ1v) is 11.0. The second-order valence-electron chi connectivity index (χ2n) is 8.71. The predicted molar refractivity (Wildman–Crippen MR) is 112 cm³/mol. The molecular formula is C19H32N3O7P. The number of hydrogen-bond acceptors (Lipinski definition) is 8. The van der Waals surface area contributed by atoms with Crippen LogP contribution in [-0.4, -0.2) is 51.1 Å². The summed E-state index contributed by atoms with van der Waals surface area (Å²) in [6, 6.07) is 1.39. The van der Waals surface area contributed by atoms with Gasteiger partial charge in [-0.25, -0.2) is 4.79 Å². The Balaban J connectivity index is 2.13. The van der Waals surface area contributed by atoms with Crippen LogP contribution in [0.25, 0.3) is 0 Å². The Labute approximate surface area is 176 Å². The molecule has 1 saturated heterocycles. The molecule has 10 nitrogen and oxygen atoms in total. The van der Waals surface area contributed by atoms with Gasteiger partial charge in [-0.15, -0.1) is 6.58 Å². The van der Waals surface area contributed by atoms with Crippen molar-refractivity contribution in [3.05, 3.63) is 34.9 Å². The minimum absolute atomic E-state index is 0.00724. The number of rotatable bonds is 9. The molecule has 2 unspecified atom stereocenters. The zero-order chi connectivity index (χ0) is 22.6. The lowest BCUT2D eigenvalue weighted by Gasteiger charge is -2.31. The normalized spacial score (nSPS) is 26.5. The Kier molecular flexibility index (Phi) is 8.38. The van der Waals surface area contributed by atoms with Crippen LogP contribution < -0.4 is 11.4 Å². The van der Waals surface area contributed by atoms with E-state index in [0.717, 1.165) is 16.6 Å². The van der Waals surface area contributed by atoms with Crippen LogP contribution in [0.15, 0.2) is 29.2 Å². The van der Waals surface area contributed by atoms with Crippen LogP contribution in [0.3, 0.4) is 0 Å². The topological polar surface area (TPSA) is 146 Å². The maximum Gasteiger partial charge on any atom is 0.351 e. The van der Waals surface area contributed by atoms with Crippen molar-refractivity contribution >= 4 is 14.1 Å². The number of ether oxygens (including phenoxy) is 2. The van der Waals surface area contributed by atoms with Crippen molar-refractivity contribution in [2.24, 2.45) is 11.3 Å². The van der Waals surface area contributed by atoms with Crippen molar-refractivity contribution in [3.63, 3.8) is 0 Å². The summed E-state index contributed by atoms with van der Waals surface area (Å²) >= 11 is 0. The van der Waals surface area contributed by atoms with Crippen molar-refractivity contribution in [2.45, 2.75) is 58.7 Å². The zero-order valence-corrected chi connectivity index (χ0v) is 18.8. The Hall–Kier alpha value is -1.55. The van der Waals surface area contributed by atoms with Gasteiger partial charge in [0.2, 0.25) is 0 Å². The number of allylic oxidation sites excluding steroid dienone is 1. The first-order chi connectivity index (χ1) is 13.9. The van der Waals surface area contributed by atoms with Gasteiger partial charge in [0, 0.05) is 6.20 Å². The van der Waals surface area contributed by atoms with E-state index in [9.17, 15) is 19.4 Å². The van der Waals surface area contributed by atoms with E-state index in [4.69, 9.17) is 19.7 Å². The van der Waals surface area contributed by atoms with Gasteiger partial charge in [-0.3, -0.25) is 9.13 Å². The van der Waals surface area contributed by atoms with Crippen LogP contribution in [0.1, 0.15) is 40.3 Å². The third-order valence-electron chi connectivity index (χ3n) is 5.09. The molecule has 30 heavy (non-hydrogen) atoms. The van der Waals surface area contributed by atoms with Gasteiger partial charge in [0.25, 0.3) is 0 Å². The quantitative estimate of drug-likeness (QED) is 0.380. The predicted octanol–water partition coefficient (Wildman–Crippen LogP) is 1.50. The van der Waals surface area contributed by atoms with Crippen LogP contribution >= 0.6 is 8.25 Å². The Morgan fingerprint density at radius 3 is 2.70 bits per heavy atom. The van der Waals surface area contributed by atoms with Crippen LogP contribution in [-0.2, 0) is 18.6 Å². The number of nitrogens with zero attached hydrogens (tertiary/aromatic N) is 2. The summed E-state index contributed by atoms with van der Waals surface area (Å²) in [4.78, 5) is 25.0. The number of nitrogen functional groups attached to an aromatic ring is 1. The average molecular weight is 445 g/mol. The standard InChI is InChI=1S/C19H32N3O7P/c1-11(2)8-12(19(3,4)5)9-27-10-13-16(29-30(25)26)15(23)17(28-13)22-7-6-14(20)21-18(22)24/h6-7,12-13,15-17,23,30H,1,8-10H2,2-5H3,(H,25,26)(H2,20,21,24)/t12?,13-,15-,16-,17-/m1/s1. The smallest absolute Gasteiger partial charge is 0.351 e. The average Bonchev–Trinajstić information content (AvgIpc) is 2.89. The van der Waals surface area contributed by atoms with Gasteiger partial charge in [0.05, 0.1) is 13.2 Å². The van der Waals surface area contributed by atoms with E-state index in [1.807, 2.05) is 6.92 Å². The highest BCUT2D eigenvalue weighted by Crippen LogP contribution is 2.36. The molecule has 11 heteroatoms. The summed E-state index contributed by atoms with van der Waals surface area (Å²) in [6.07, 6.45) is -2.41. The van der Waals surface area contributed by atoms with Crippen molar-refractivity contribution in [1.82, 2.24) is 9.55 Å². The Bertz CT molecular complexity index is 823. The molecule has 1 fully saturated rings. The van der Waals surface area contributed by atoms with Crippen molar-refractivity contribution in [3.8, 4) is 0 Å². The van der Waals surface area contributed by atoms with E-state index in [1.54, 1.807) is 0 Å². The van der Waals surface area contributed by atoms with Crippen molar-refractivity contribution in [1.29, 1.82) is 0 Å². The largest absolute Gasteiger partial charge is 0.386 e. The molecule has 0 radical (unpaired) electrons. The van der Waals surface area contributed by atoms with Crippen LogP contribution in [0.2, 0.25) is 0 Å². The van der Waals surface area contributed by atoms with Gasteiger partial charge >= 0.3 is 13.9 Å². The molecule has 4 N–H and O–H groups in total. The van der Waals surface area contributed by atoms with E-state index in [0.29, 0.717) is 6.61 Å². The number of aliphatic hydroxyl groups is 1. The molecule has 2 heterocycles. The second-order valence-corrected chi connectivity index (χ2v) is 9.48. The molecule has 1 aromatic heterocycles. The molecule has 0 amide bonds. The maximum absolute atomic E-state index is 12.1. The lowest BCUT2D eigenvalue weighted by atomic mass is 9.78. The van der Waals surface area contributed by atoms with E-state index < -0.39 is 38.5 Å². The fourth-order valence-corrected chi connectivity index (χ4v) is 3.85. The SMILES string of the molecule is C=C(C)CC(COC[C@H]1O[C@@H](n2ccc(N)nc2=O)[C@H](O)[C@@H]1O[PH](=O)O)C(C)(C)C. The van der Waals surface area contributed by atoms with E-state index in [-0.39, 0.29) is 23.8 Å². The lowest BCUT2D eigenvalue weighted by Crippen LogP contribution is -2.37. The summed E-state index contributed by atoms with van der Waals surface area (Å²) in [7, 11) is -3.36. The third kappa shape index (κ3) is 6.47. The van der Waals surface area contributed by atoms with Gasteiger partial charge in [0.1, 0.15) is 24.1 Å². The minimum atomic E-state index is -3.36. The second kappa shape index (κ2) is 10.2. The molecule has 0 bridgehead atoms. The first-order valence-electron chi connectivity index (χ1n) is 9.70. The van der Waals surface area contributed by atoms with E-state index >= 15 is 0 Å². The molecule has 6 atom stereocenters. The Morgan fingerprint density at radius 1 is 1.50 bits per heavy atom. The van der Waals surface area contributed by atoms with Gasteiger partial charge in [-0.2, -0.15) is 4.98 Å². The fraction of sp³-hybridized carbons (Fsp3) is 0.684. The molecule has 1 aliphatic heterocycles. The van der Waals surface area contributed by atoms with Crippen LogP contribution in [0.5, 0.6) is 0 Å². The summed E-state index contributed by atoms with van der Waals surface area (Å²) in [5.74, 6) is 0.222. The summed E-state index contributed by atoms with van der Waals surface area (Å²) in [5, 5.41) is 10.6. The highest BCUT2D eigenvalue weighted by atomic mass is 31.1. The lowest BCUT2D eigenvalue weighted by molar-refractivity contribution is -0.0749. The zero-order valence-electron chi connectivity index (χ0n) is 17.8. The summed E-state index contributed by atoms with van der Waals surface area (Å²) in [5.41, 5.74) is 5.80. The molecule has 2 rings (SSSR count). The van der Waals surface area contributed by atoms with E-state index in [2.05, 4.69) is 32.3 Å². The highest BCUT2D eigenvalue weighted by Gasteiger charge is 2.47. The van der Waals surface area contributed by atoms with Gasteiger partial charge in [-0.1, -0.05) is 26.3 Å². The summed E-state index contributed by atoms with van der Waals surface area (Å²) < 4.78 is 29.0. The monoisotopic (exact) mass is 445 g/mol. The minimum Gasteiger partial charge on any atom is -0.386 e. The summed E-state index contributed by atoms with van der Waals surface area (Å²) in [6.45, 7) is 12.7. The van der Waals surface area contributed by atoms with Gasteiger partial charge in [-0.05, 0) is 30.7 Å². The highest BCUT2D eigenvalue weighted by molar-refractivity contribution is 7.32.